The van der Waals surface area contributed by atoms with E-state index >= 15 is 0 Å². The molecule has 0 bridgehead atoms. The average Bonchev–Trinajstić information content (AvgIpc) is 2.75. The highest BCUT2D eigenvalue weighted by Crippen LogP contribution is 2.47. The summed E-state index contributed by atoms with van der Waals surface area (Å²) in [7, 11) is 0. The monoisotopic (exact) mass is 508 g/mol. The van der Waals surface area contributed by atoms with Gasteiger partial charge in [0.15, 0.2) is 6.10 Å². The number of halogens is 5. The zero-order chi connectivity index (χ0) is 24.5. The number of nitrogens with zero attached hydrogens (tertiary/aromatic N) is 2. The van der Waals surface area contributed by atoms with Gasteiger partial charge in [-0.15, -0.1) is 0 Å². The summed E-state index contributed by atoms with van der Waals surface area (Å²) in [5, 5.41) is 10.4. The number of carbonyl (C=O) groups excluding carboxylic acids is 1. The van der Waals surface area contributed by atoms with Crippen molar-refractivity contribution in [1.82, 2.24) is 9.88 Å². The Bertz CT molecular complexity index is 896. The lowest BCUT2D eigenvalue weighted by molar-refractivity contribution is -0.233. The number of alkyl halides is 3. The maximum atomic E-state index is 13.2. The van der Waals surface area contributed by atoms with Gasteiger partial charge in [-0.1, -0.05) is 36.2 Å². The van der Waals surface area contributed by atoms with Gasteiger partial charge in [0.1, 0.15) is 11.5 Å². The van der Waals surface area contributed by atoms with Crippen LogP contribution in [0.4, 0.5) is 13.2 Å². The fourth-order valence-electron chi connectivity index (χ4n) is 5.43. The molecule has 1 aromatic rings. The Morgan fingerprint density at radius 3 is 2.67 bits per heavy atom. The van der Waals surface area contributed by atoms with Crippen LogP contribution in [0.2, 0.25) is 10.0 Å². The van der Waals surface area contributed by atoms with Crippen LogP contribution in [0, 0.1) is 17.8 Å². The van der Waals surface area contributed by atoms with E-state index in [9.17, 15) is 23.1 Å². The number of aromatic nitrogens is 1. The van der Waals surface area contributed by atoms with Crippen LogP contribution in [0.3, 0.4) is 0 Å². The molecule has 1 saturated carbocycles. The smallest absolute Gasteiger partial charge is 0.414 e. The van der Waals surface area contributed by atoms with Gasteiger partial charge in [-0.25, -0.2) is 4.98 Å². The Kier molecular flexibility index (Phi) is 8.23. The third-order valence-electron chi connectivity index (χ3n) is 7.03. The second-order valence-corrected chi connectivity index (χ2v) is 9.59. The Hall–Kier alpha value is -1.51. The number of aliphatic hydroxyl groups is 1. The van der Waals surface area contributed by atoms with E-state index in [2.05, 4.69) is 11.6 Å². The Balaban J connectivity index is 1.77. The molecule has 0 radical (unpaired) electrons. The van der Waals surface area contributed by atoms with Crippen LogP contribution in [-0.4, -0.2) is 52.4 Å². The van der Waals surface area contributed by atoms with Gasteiger partial charge in [0.05, 0.1) is 23.1 Å². The molecule has 1 aromatic heterocycles. The molecule has 184 valence electrons. The Morgan fingerprint density at radius 1 is 1.33 bits per heavy atom. The molecule has 3 rings (SSSR count). The van der Waals surface area contributed by atoms with Gasteiger partial charge in [0.25, 0.3) is 0 Å². The van der Waals surface area contributed by atoms with Crippen LogP contribution in [0.1, 0.15) is 50.8 Å². The highest BCUT2D eigenvalue weighted by Gasteiger charge is 2.51. The van der Waals surface area contributed by atoms with E-state index in [1.54, 1.807) is 11.8 Å². The van der Waals surface area contributed by atoms with Gasteiger partial charge in [0, 0.05) is 24.3 Å². The van der Waals surface area contributed by atoms with Crippen molar-refractivity contribution >= 4 is 34.9 Å². The molecule has 5 nitrogen and oxygen atoms in total. The molecule has 5 atom stereocenters. The molecular formula is C23H29Cl2F3N2O3. The van der Waals surface area contributed by atoms with E-state index in [4.69, 9.17) is 27.9 Å². The van der Waals surface area contributed by atoms with Crippen molar-refractivity contribution in [2.45, 2.75) is 64.3 Å². The second-order valence-electron chi connectivity index (χ2n) is 8.81. The Labute approximate surface area is 201 Å². The molecule has 1 N–H and O–H groups in total. The lowest BCUT2D eigenvalue weighted by Gasteiger charge is -2.50. The number of rotatable bonds is 6. The number of fused-ring (bicyclic) bond motifs is 1. The lowest BCUT2D eigenvalue weighted by atomic mass is 9.64. The first-order chi connectivity index (χ1) is 15.5. The predicted molar refractivity (Wildman–Crippen MR) is 121 cm³/mol. The second kappa shape index (κ2) is 10.4. The summed E-state index contributed by atoms with van der Waals surface area (Å²) in [5.74, 6) is -1.14. The summed E-state index contributed by atoms with van der Waals surface area (Å²) < 4.78 is 44.9. The van der Waals surface area contributed by atoms with Gasteiger partial charge < -0.3 is 14.7 Å². The number of likely N-dealkylation sites (tertiary alicyclic amines) is 1. The van der Waals surface area contributed by atoms with Crippen molar-refractivity contribution in [2.24, 2.45) is 17.8 Å². The van der Waals surface area contributed by atoms with E-state index in [1.165, 1.54) is 6.20 Å². The maximum Gasteiger partial charge on any atom is 0.414 e. The van der Waals surface area contributed by atoms with Gasteiger partial charge in [-0.3, -0.25) is 4.79 Å². The largest absolute Gasteiger partial charge is 0.492 e. The van der Waals surface area contributed by atoms with Crippen LogP contribution < -0.4 is 0 Å². The van der Waals surface area contributed by atoms with E-state index in [-0.39, 0.29) is 46.0 Å². The number of ether oxygens (including phenoxy) is 1. The number of aliphatic hydroxyl groups excluding tert-OH is 1. The van der Waals surface area contributed by atoms with Crippen molar-refractivity contribution in [2.75, 3.05) is 13.2 Å². The molecule has 2 heterocycles. The molecule has 10 heteroatoms. The van der Waals surface area contributed by atoms with E-state index < -0.39 is 18.2 Å². The van der Waals surface area contributed by atoms with Crippen molar-refractivity contribution in [3.05, 3.63) is 34.1 Å². The van der Waals surface area contributed by atoms with Crippen LogP contribution in [0.5, 0.6) is 0 Å². The van der Waals surface area contributed by atoms with Crippen molar-refractivity contribution in [1.29, 1.82) is 0 Å². The first-order valence-corrected chi connectivity index (χ1v) is 11.9. The number of pyridine rings is 1. The van der Waals surface area contributed by atoms with Crippen molar-refractivity contribution < 1.29 is 27.8 Å². The summed E-state index contributed by atoms with van der Waals surface area (Å²) in [4.78, 5) is 19.1. The molecule has 0 spiro atoms. The van der Waals surface area contributed by atoms with Gasteiger partial charge in [-0.05, 0) is 50.9 Å². The van der Waals surface area contributed by atoms with Crippen molar-refractivity contribution in [3.8, 4) is 0 Å². The van der Waals surface area contributed by atoms with E-state index in [1.807, 2.05) is 6.92 Å². The minimum absolute atomic E-state index is 0.0665. The maximum absolute atomic E-state index is 13.2. The third kappa shape index (κ3) is 5.43. The summed E-state index contributed by atoms with van der Waals surface area (Å²) in [6.07, 6.45) is -3.55. The molecule has 33 heavy (non-hydrogen) atoms. The predicted octanol–water partition coefficient (Wildman–Crippen LogP) is 5.51. The summed E-state index contributed by atoms with van der Waals surface area (Å²) in [6, 6.07) is -0.253. The zero-order valence-electron chi connectivity index (χ0n) is 18.7. The highest BCUT2D eigenvalue weighted by atomic mass is 35.5. The van der Waals surface area contributed by atoms with Crippen LogP contribution in [-0.2, 0) is 16.0 Å². The number of hydrogen-bond donors (Lipinski definition) is 1. The number of amides is 1. The number of carbonyl (C=O) groups is 1. The lowest BCUT2D eigenvalue weighted by Crippen LogP contribution is -2.55. The fraction of sp³-hybridized carbons (Fsp3) is 0.652. The first kappa shape index (κ1) is 26.1. The van der Waals surface area contributed by atoms with Gasteiger partial charge in [0.2, 0.25) is 5.91 Å². The van der Waals surface area contributed by atoms with Gasteiger partial charge >= 0.3 is 6.18 Å². The topological polar surface area (TPSA) is 62.7 Å². The number of hydrogen-bond acceptors (Lipinski definition) is 4. The third-order valence-corrected chi connectivity index (χ3v) is 7.76. The SMILES string of the molecule is C=C(OCC)c1ncc(Cl)c(CC(=O)N2CC[C@H]3[C@H]([C@H](O)C(F)(F)F)CCC[C@@H]3[C@@H]2C)c1Cl. The van der Waals surface area contributed by atoms with Crippen LogP contribution >= 0.6 is 23.2 Å². The van der Waals surface area contributed by atoms with E-state index in [0.29, 0.717) is 43.7 Å². The van der Waals surface area contributed by atoms with Crippen LogP contribution in [0.25, 0.3) is 5.76 Å². The summed E-state index contributed by atoms with van der Waals surface area (Å²) in [6.45, 7) is 8.17. The molecule has 1 aliphatic heterocycles. The summed E-state index contributed by atoms with van der Waals surface area (Å²) in [5.41, 5.74) is 0.728. The first-order valence-electron chi connectivity index (χ1n) is 11.2. The minimum Gasteiger partial charge on any atom is -0.492 e. The normalized spacial score (nSPS) is 26.5. The van der Waals surface area contributed by atoms with E-state index in [0.717, 1.165) is 6.42 Å². The van der Waals surface area contributed by atoms with Gasteiger partial charge in [-0.2, -0.15) is 13.2 Å². The Morgan fingerprint density at radius 2 is 2.03 bits per heavy atom. The number of piperidine rings is 1. The molecule has 2 aliphatic rings. The molecule has 2 fully saturated rings. The van der Waals surface area contributed by atoms with Crippen LogP contribution in [0.15, 0.2) is 12.8 Å². The standard InChI is InChI=1S/C23H29Cl2F3N2O3/c1-4-33-13(3)21-20(25)17(18(24)11-29-21)10-19(31)30-9-8-15-14(12(30)2)6-5-7-16(15)22(32)23(26,27)28/h11-12,14-16,22,32H,3-10H2,1-2H3/t12-,14+,15+,16+,22-/m0/s1. The quantitative estimate of drug-likeness (QED) is 0.514. The molecule has 1 amide bonds. The molecule has 0 aromatic carbocycles. The zero-order valence-corrected chi connectivity index (χ0v) is 20.2. The molecule has 1 aliphatic carbocycles. The molecular weight excluding hydrogens is 480 g/mol. The highest BCUT2D eigenvalue weighted by molar-refractivity contribution is 6.37. The minimum atomic E-state index is -4.64. The average molecular weight is 509 g/mol. The fourth-order valence-corrected chi connectivity index (χ4v) is 6.01. The summed E-state index contributed by atoms with van der Waals surface area (Å²) >= 11 is 12.8. The molecule has 1 saturated heterocycles. The molecule has 0 unspecified atom stereocenters. The van der Waals surface area contributed by atoms with Crippen molar-refractivity contribution in [3.63, 3.8) is 0 Å².